The molecule has 1 aromatic heterocycles. The summed E-state index contributed by atoms with van der Waals surface area (Å²) in [7, 11) is 1.54. The number of aliphatic hydroxyl groups excluding tert-OH is 1. The molecule has 9 nitrogen and oxygen atoms in total. The number of urea groups is 1. The summed E-state index contributed by atoms with van der Waals surface area (Å²) in [5.74, 6) is -1.09. The summed E-state index contributed by atoms with van der Waals surface area (Å²) >= 11 is 0. The van der Waals surface area contributed by atoms with E-state index in [9.17, 15) is 9.59 Å². The fourth-order valence-corrected chi connectivity index (χ4v) is 1.63. The van der Waals surface area contributed by atoms with Crippen LogP contribution < -0.4 is 5.32 Å². The molecule has 21 heavy (non-hydrogen) atoms. The second kappa shape index (κ2) is 8.93. The predicted octanol–water partition coefficient (Wildman–Crippen LogP) is -0.768. The van der Waals surface area contributed by atoms with Gasteiger partial charge in [0.1, 0.15) is 0 Å². The molecule has 0 fully saturated rings. The van der Waals surface area contributed by atoms with Crippen molar-refractivity contribution < 1.29 is 24.5 Å². The Morgan fingerprint density at radius 2 is 2.24 bits per heavy atom. The highest BCUT2D eigenvalue weighted by atomic mass is 16.5. The van der Waals surface area contributed by atoms with Crippen LogP contribution in [0.2, 0.25) is 0 Å². The van der Waals surface area contributed by atoms with E-state index in [0.717, 1.165) is 0 Å². The van der Waals surface area contributed by atoms with Crippen LogP contribution >= 0.6 is 0 Å². The summed E-state index contributed by atoms with van der Waals surface area (Å²) in [5.41, 5.74) is -0.0386. The zero-order valence-corrected chi connectivity index (χ0v) is 11.9. The first-order valence-corrected chi connectivity index (χ1v) is 6.46. The van der Waals surface area contributed by atoms with E-state index in [-0.39, 0.29) is 24.9 Å². The molecule has 0 radical (unpaired) electrons. The van der Waals surface area contributed by atoms with Gasteiger partial charge in [0.05, 0.1) is 19.5 Å². The molecule has 0 bridgehead atoms. The number of amides is 2. The Labute approximate surface area is 122 Å². The predicted molar refractivity (Wildman–Crippen MR) is 73.1 cm³/mol. The first-order valence-electron chi connectivity index (χ1n) is 6.46. The highest BCUT2D eigenvalue weighted by molar-refractivity contribution is 5.84. The van der Waals surface area contributed by atoms with E-state index >= 15 is 0 Å². The van der Waals surface area contributed by atoms with E-state index in [2.05, 4.69) is 10.3 Å². The number of hydrogen-bond acceptors (Lipinski definition) is 5. The van der Waals surface area contributed by atoms with Crippen molar-refractivity contribution in [3.63, 3.8) is 0 Å². The minimum Gasteiger partial charge on any atom is -0.476 e. The quantitative estimate of drug-likeness (QED) is 0.551. The number of carbonyl (C=O) groups excluding carboxylic acids is 1. The van der Waals surface area contributed by atoms with Gasteiger partial charge in [0, 0.05) is 39.5 Å². The fourth-order valence-electron chi connectivity index (χ4n) is 1.63. The van der Waals surface area contributed by atoms with Crippen molar-refractivity contribution in [3.8, 4) is 0 Å². The highest BCUT2D eigenvalue weighted by Crippen LogP contribution is 1.96. The molecule has 9 heteroatoms. The standard InChI is InChI=1S/C12H20N4O5/c1-21-7-5-16(4-6-17)12(20)13-2-3-15-8-10(11(18)19)14-9-15/h8-9,17H,2-7H2,1H3,(H,13,20)(H,18,19). The molecule has 0 saturated heterocycles. The molecule has 2 amide bonds. The summed E-state index contributed by atoms with van der Waals surface area (Å²) in [6.45, 7) is 1.60. The summed E-state index contributed by atoms with van der Waals surface area (Å²) in [6.07, 6.45) is 2.79. The maximum atomic E-state index is 11.9. The number of aliphatic hydroxyl groups is 1. The van der Waals surface area contributed by atoms with Crippen LogP contribution in [0.1, 0.15) is 10.5 Å². The third-order valence-electron chi connectivity index (χ3n) is 2.72. The number of rotatable bonds is 9. The van der Waals surface area contributed by atoms with Gasteiger partial charge in [-0.15, -0.1) is 0 Å². The Bertz CT molecular complexity index is 462. The van der Waals surface area contributed by atoms with Gasteiger partial charge >= 0.3 is 12.0 Å². The Balaban J connectivity index is 2.37. The monoisotopic (exact) mass is 300 g/mol. The van der Waals surface area contributed by atoms with Crippen molar-refractivity contribution in [2.24, 2.45) is 0 Å². The van der Waals surface area contributed by atoms with Crippen LogP contribution in [-0.2, 0) is 11.3 Å². The van der Waals surface area contributed by atoms with Crippen LogP contribution in [0.5, 0.6) is 0 Å². The van der Waals surface area contributed by atoms with Crippen molar-refractivity contribution in [2.75, 3.05) is 40.0 Å². The number of hydrogen-bond donors (Lipinski definition) is 3. The second-order valence-corrected chi connectivity index (χ2v) is 4.24. The fraction of sp³-hybridized carbons (Fsp3) is 0.583. The van der Waals surface area contributed by atoms with Gasteiger partial charge in [0.25, 0.3) is 0 Å². The normalized spacial score (nSPS) is 10.4. The van der Waals surface area contributed by atoms with E-state index in [0.29, 0.717) is 26.2 Å². The van der Waals surface area contributed by atoms with Gasteiger partial charge in [-0.2, -0.15) is 0 Å². The molecule has 0 aliphatic heterocycles. The number of aromatic carboxylic acids is 1. The third kappa shape index (κ3) is 5.79. The number of aromatic nitrogens is 2. The Hall–Kier alpha value is -2.13. The molecule has 1 rings (SSSR count). The van der Waals surface area contributed by atoms with Crippen LogP contribution in [0, 0.1) is 0 Å². The first kappa shape index (κ1) is 16.9. The topological polar surface area (TPSA) is 117 Å². The van der Waals surface area contributed by atoms with Gasteiger partial charge in [0.15, 0.2) is 5.69 Å². The van der Waals surface area contributed by atoms with Crippen molar-refractivity contribution in [1.82, 2.24) is 19.8 Å². The number of carboxylic acid groups (broad SMARTS) is 1. The maximum Gasteiger partial charge on any atom is 0.356 e. The van der Waals surface area contributed by atoms with Gasteiger partial charge in [-0.1, -0.05) is 0 Å². The number of methoxy groups -OCH3 is 1. The second-order valence-electron chi connectivity index (χ2n) is 4.24. The molecule has 1 aromatic rings. The van der Waals surface area contributed by atoms with Crippen LogP contribution in [0.4, 0.5) is 4.79 Å². The smallest absolute Gasteiger partial charge is 0.356 e. The van der Waals surface area contributed by atoms with Gasteiger partial charge in [0.2, 0.25) is 0 Å². The number of ether oxygens (including phenoxy) is 1. The van der Waals surface area contributed by atoms with Crippen LogP contribution in [0.15, 0.2) is 12.5 Å². The molecule has 0 unspecified atom stereocenters. The number of nitrogens with one attached hydrogen (secondary N) is 1. The summed E-state index contributed by atoms with van der Waals surface area (Å²) in [4.78, 5) is 27.7. The SMILES string of the molecule is COCCN(CCO)C(=O)NCCn1cnc(C(=O)O)c1. The molecule has 0 saturated carbocycles. The number of nitrogens with zero attached hydrogens (tertiary/aromatic N) is 3. The Morgan fingerprint density at radius 3 is 2.81 bits per heavy atom. The summed E-state index contributed by atoms with van der Waals surface area (Å²) < 4.78 is 6.48. The molecule has 0 aliphatic carbocycles. The number of carboxylic acids is 1. The zero-order valence-electron chi connectivity index (χ0n) is 11.9. The van der Waals surface area contributed by atoms with Crippen molar-refractivity contribution >= 4 is 12.0 Å². The molecule has 3 N–H and O–H groups in total. The van der Waals surface area contributed by atoms with Gasteiger partial charge < -0.3 is 29.7 Å². The summed E-state index contributed by atoms with van der Waals surface area (Å²) in [6, 6.07) is -0.306. The van der Waals surface area contributed by atoms with E-state index < -0.39 is 5.97 Å². The van der Waals surface area contributed by atoms with E-state index in [1.165, 1.54) is 24.5 Å². The van der Waals surface area contributed by atoms with Crippen molar-refractivity contribution in [3.05, 3.63) is 18.2 Å². The first-order chi connectivity index (χ1) is 10.1. The zero-order chi connectivity index (χ0) is 15.7. The minimum atomic E-state index is -1.09. The van der Waals surface area contributed by atoms with Crippen LogP contribution in [0.3, 0.4) is 0 Å². The van der Waals surface area contributed by atoms with Crippen LogP contribution in [0.25, 0.3) is 0 Å². The number of imidazole rings is 1. The highest BCUT2D eigenvalue weighted by Gasteiger charge is 2.12. The van der Waals surface area contributed by atoms with Crippen molar-refractivity contribution in [1.29, 1.82) is 0 Å². The molecule has 0 aliphatic rings. The van der Waals surface area contributed by atoms with E-state index in [1.807, 2.05) is 0 Å². The lowest BCUT2D eigenvalue weighted by atomic mass is 10.5. The maximum absolute atomic E-state index is 11.9. The molecular formula is C12H20N4O5. The molecule has 1 heterocycles. The van der Waals surface area contributed by atoms with Gasteiger partial charge in [-0.05, 0) is 0 Å². The minimum absolute atomic E-state index is 0.0386. The lowest BCUT2D eigenvalue weighted by Crippen LogP contribution is -2.44. The number of carbonyl (C=O) groups is 2. The largest absolute Gasteiger partial charge is 0.476 e. The van der Waals surface area contributed by atoms with E-state index in [1.54, 1.807) is 4.57 Å². The lowest BCUT2D eigenvalue weighted by molar-refractivity contribution is 0.0691. The molecule has 0 aromatic carbocycles. The lowest BCUT2D eigenvalue weighted by Gasteiger charge is -2.21. The van der Waals surface area contributed by atoms with Gasteiger partial charge in [-0.25, -0.2) is 14.6 Å². The van der Waals surface area contributed by atoms with E-state index in [4.69, 9.17) is 14.9 Å². The molecular weight excluding hydrogens is 280 g/mol. The molecule has 0 atom stereocenters. The average molecular weight is 300 g/mol. The van der Waals surface area contributed by atoms with Crippen molar-refractivity contribution in [2.45, 2.75) is 6.54 Å². The average Bonchev–Trinajstić information content (AvgIpc) is 2.92. The third-order valence-corrected chi connectivity index (χ3v) is 2.72. The molecule has 118 valence electrons. The Morgan fingerprint density at radius 1 is 1.48 bits per heavy atom. The van der Waals surface area contributed by atoms with Gasteiger partial charge in [-0.3, -0.25) is 0 Å². The Kier molecular flexibility index (Phi) is 7.19. The molecule has 0 spiro atoms. The van der Waals surface area contributed by atoms with Crippen LogP contribution in [-0.4, -0.2) is 76.6 Å². The summed E-state index contributed by atoms with van der Waals surface area (Å²) in [5, 5.41) is 20.3.